The van der Waals surface area contributed by atoms with Gasteiger partial charge in [0, 0.05) is 23.9 Å². The van der Waals surface area contributed by atoms with Gasteiger partial charge in [-0.2, -0.15) is 0 Å². The molecule has 0 aliphatic heterocycles. The molecule has 31 heavy (non-hydrogen) atoms. The van der Waals surface area contributed by atoms with Crippen molar-refractivity contribution in [3.8, 4) is 0 Å². The van der Waals surface area contributed by atoms with E-state index in [1.165, 1.54) is 16.7 Å². The molecule has 2 amide bonds. The highest BCUT2D eigenvalue weighted by atomic mass is 35.5. The fourth-order valence-corrected chi connectivity index (χ4v) is 4.53. The Kier molecular flexibility index (Phi) is 10.4. The van der Waals surface area contributed by atoms with Crippen molar-refractivity contribution in [2.45, 2.75) is 58.9 Å². The van der Waals surface area contributed by atoms with Gasteiger partial charge in [-0.3, -0.25) is 9.59 Å². The van der Waals surface area contributed by atoms with Crippen LogP contribution in [0.4, 0.5) is 0 Å². The van der Waals surface area contributed by atoms with E-state index in [1.54, 1.807) is 16.7 Å². The molecule has 1 N–H and O–H groups in total. The summed E-state index contributed by atoms with van der Waals surface area (Å²) in [5, 5.41) is 3.60. The lowest BCUT2D eigenvalue weighted by Crippen LogP contribution is -2.49. The molecule has 0 radical (unpaired) electrons. The van der Waals surface area contributed by atoms with E-state index in [4.69, 9.17) is 11.6 Å². The number of carbonyl (C=O) groups excluding carboxylic acids is 2. The van der Waals surface area contributed by atoms with E-state index in [0.717, 1.165) is 17.7 Å². The maximum absolute atomic E-state index is 13.2. The van der Waals surface area contributed by atoms with Gasteiger partial charge in [-0.25, -0.2) is 0 Å². The number of thioether (sulfide) groups is 1. The summed E-state index contributed by atoms with van der Waals surface area (Å²) in [7, 11) is 0. The summed E-state index contributed by atoms with van der Waals surface area (Å²) >= 11 is 7.60. The standard InChI is InChI=1S/C25H33ClN2O2S/c1-5-11-27-25(30)23(6-2)28(15-20-7-9-22(26)10-8-20)24(29)17-31-16-21-13-18(3)12-19(4)14-21/h7-10,12-14,23H,5-6,11,15-17H2,1-4H3,(H,27,30)/t23-/m0/s1. The highest BCUT2D eigenvalue weighted by Gasteiger charge is 2.28. The monoisotopic (exact) mass is 460 g/mol. The molecule has 0 spiro atoms. The fourth-order valence-electron chi connectivity index (χ4n) is 3.56. The molecule has 6 heteroatoms. The first-order valence-corrected chi connectivity index (χ1v) is 12.3. The van der Waals surface area contributed by atoms with Crippen molar-refractivity contribution in [3.05, 3.63) is 69.7 Å². The van der Waals surface area contributed by atoms with Crippen LogP contribution in [0.25, 0.3) is 0 Å². The van der Waals surface area contributed by atoms with Gasteiger partial charge in [-0.1, -0.05) is 66.9 Å². The third-order valence-electron chi connectivity index (χ3n) is 4.98. The molecule has 0 unspecified atom stereocenters. The SMILES string of the molecule is CCCNC(=O)[C@H](CC)N(Cc1ccc(Cl)cc1)C(=O)CSCc1cc(C)cc(C)c1. The van der Waals surface area contributed by atoms with Gasteiger partial charge in [-0.15, -0.1) is 11.8 Å². The Labute approximate surface area is 195 Å². The van der Waals surface area contributed by atoms with Crippen LogP contribution in [-0.4, -0.2) is 35.1 Å². The Hall–Kier alpha value is -1.98. The summed E-state index contributed by atoms with van der Waals surface area (Å²) in [5.41, 5.74) is 4.63. The van der Waals surface area contributed by atoms with Crippen LogP contribution in [0.5, 0.6) is 0 Å². The molecule has 2 aromatic rings. The third kappa shape index (κ3) is 8.23. The molecule has 0 aliphatic carbocycles. The number of rotatable bonds is 11. The van der Waals surface area contributed by atoms with Gasteiger partial charge in [0.2, 0.25) is 11.8 Å². The van der Waals surface area contributed by atoms with Gasteiger partial charge in [0.1, 0.15) is 6.04 Å². The summed E-state index contributed by atoms with van der Waals surface area (Å²) in [6.45, 7) is 9.13. The van der Waals surface area contributed by atoms with Crippen molar-refractivity contribution in [1.29, 1.82) is 0 Å². The topological polar surface area (TPSA) is 49.4 Å². The minimum absolute atomic E-state index is 0.0252. The fraction of sp³-hybridized carbons (Fsp3) is 0.440. The first kappa shape index (κ1) is 25.3. The molecule has 2 rings (SSSR count). The molecule has 0 aromatic heterocycles. The van der Waals surface area contributed by atoms with Crippen molar-refractivity contribution in [3.63, 3.8) is 0 Å². The summed E-state index contributed by atoms with van der Waals surface area (Å²) in [6, 6.07) is 13.4. The first-order valence-electron chi connectivity index (χ1n) is 10.8. The lowest BCUT2D eigenvalue weighted by Gasteiger charge is -2.30. The second-order valence-corrected chi connectivity index (χ2v) is 9.27. The van der Waals surface area contributed by atoms with Crippen LogP contribution < -0.4 is 5.32 Å². The van der Waals surface area contributed by atoms with E-state index in [9.17, 15) is 9.59 Å². The van der Waals surface area contributed by atoms with Crippen molar-refractivity contribution < 1.29 is 9.59 Å². The third-order valence-corrected chi connectivity index (χ3v) is 6.22. The summed E-state index contributed by atoms with van der Waals surface area (Å²) in [4.78, 5) is 27.7. The van der Waals surface area contributed by atoms with Crippen LogP contribution in [0.3, 0.4) is 0 Å². The Morgan fingerprint density at radius 3 is 2.26 bits per heavy atom. The van der Waals surface area contributed by atoms with Gasteiger partial charge < -0.3 is 10.2 Å². The highest BCUT2D eigenvalue weighted by Crippen LogP contribution is 2.19. The number of amides is 2. The second-order valence-electron chi connectivity index (χ2n) is 7.85. The van der Waals surface area contributed by atoms with Gasteiger partial charge in [0.25, 0.3) is 0 Å². The van der Waals surface area contributed by atoms with E-state index in [1.807, 2.05) is 38.1 Å². The number of halogens is 1. The van der Waals surface area contributed by atoms with Crippen molar-refractivity contribution in [2.24, 2.45) is 0 Å². The summed E-state index contributed by atoms with van der Waals surface area (Å²) < 4.78 is 0. The number of nitrogens with zero attached hydrogens (tertiary/aromatic N) is 1. The lowest BCUT2D eigenvalue weighted by atomic mass is 10.1. The van der Waals surface area contributed by atoms with Gasteiger partial charge in [-0.05, 0) is 49.9 Å². The zero-order chi connectivity index (χ0) is 22.8. The largest absolute Gasteiger partial charge is 0.354 e. The average molecular weight is 461 g/mol. The van der Waals surface area contributed by atoms with E-state index in [-0.39, 0.29) is 11.8 Å². The predicted octanol–water partition coefficient (Wildman–Crippen LogP) is 5.52. The predicted molar refractivity (Wildman–Crippen MR) is 131 cm³/mol. The molecule has 0 bridgehead atoms. The lowest BCUT2D eigenvalue weighted by molar-refractivity contribution is -0.139. The average Bonchev–Trinajstić information content (AvgIpc) is 2.72. The first-order chi connectivity index (χ1) is 14.8. The van der Waals surface area contributed by atoms with Crippen molar-refractivity contribution in [1.82, 2.24) is 10.2 Å². The molecule has 4 nitrogen and oxygen atoms in total. The number of carbonyl (C=O) groups is 2. The molecule has 0 saturated heterocycles. The minimum Gasteiger partial charge on any atom is -0.354 e. The molecular formula is C25H33ClN2O2S. The van der Waals surface area contributed by atoms with Gasteiger partial charge in [0.15, 0.2) is 0 Å². The van der Waals surface area contributed by atoms with E-state index in [2.05, 4.69) is 37.4 Å². The minimum atomic E-state index is -0.489. The van der Waals surface area contributed by atoms with E-state index in [0.29, 0.717) is 30.3 Å². The molecule has 168 valence electrons. The molecule has 1 atom stereocenters. The van der Waals surface area contributed by atoms with Crippen molar-refractivity contribution >= 4 is 35.2 Å². The molecule has 0 saturated carbocycles. The zero-order valence-corrected chi connectivity index (χ0v) is 20.5. The molecule has 0 heterocycles. The zero-order valence-electron chi connectivity index (χ0n) is 18.9. The Bertz CT molecular complexity index is 850. The smallest absolute Gasteiger partial charge is 0.242 e. The Morgan fingerprint density at radius 2 is 1.68 bits per heavy atom. The molecular weight excluding hydrogens is 428 g/mol. The van der Waals surface area contributed by atoms with Crippen LogP contribution in [0.15, 0.2) is 42.5 Å². The number of hydrogen-bond donors (Lipinski definition) is 1. The number of hydrogen-bond acceptors (Lipinski definition) is 3. The maximum Gasteiger partial charge on any atom is 0.242 e. The summed E-state index contributed by atoms with van der Waals surface area (Å²) in [6.07, 6.45) is 1.43. The van der Waals surface area contributed by atoms with Gasteiger partial charge >= 0.3 is 0 Å². The quantitative estimate of drug-likeness (QED) is 0.480. The number of aryl methyl sites for hydroxylation is 2. The van der Waals surface area contributed by atoms with Crippen molar-refractivity contribution in [2.75, 3.05) is 12.3 Å². The van der Waals surface area contributed by atoms with Crippen LogP contribution >= 0.6 is 23.4 Å². The Morgan fingerprint density at radius 1 is 1.03 bits per heavy atom. The number of nitrogens with one attached hydrogen (secondary N) is 1. The van der Waals surface area contributed by atoms with Crippen LogP contribution in [-0.2, 0) is 21.9 Å². The number of benzene rings is 2. The second kappa shape index (κ2) is 12.8. The Balaban J connectivity index is 2.11. The van der Waals surface area contributed by atoms with Crippen LogP contribution in [0.2, 0.25) is 5.02 Å². The normalized spacial score (nSPS) is 11.8. The molecule has 0 fully saturated rings. The van der Waals surface area contributed by atoms with Gasteiger partial charge in [0.05, 0.1) is 5.75 Å². The van der Waals surface area contributed by atoms with E-state index < -0.39 is 6.04 Å². The van der Waals surface area contributed by atoms with E-state index >= 15 is 0 Å². The van der Waals surface area contributed by atoms with Crippen LogP contribution in [0, 0.1) is 13.8 Å². The summed E-state index contributed by atoms with van der Waals surface area (Å²) in [5.74, 6) is 0.980. The van der Waals surface area contributed by atoms with Crippen LogP contribution in [0.1, 0.15) is 48.9 Å². The molecule has 0 aliphatic rings. The maximum atomic E-state index is 13.2. The highest BCUT2D eigenvalue weighted by molar-refractivity contribution is 7.99. The molecule has 2 aromatic carbocycles.